The van der Waals surface area contributed by atoms with Gasteiger partial charge < -0.3 is 11.1 Å². The Hall–Kier alpha value is -2.36. The van der Waals surface area contributed by atoms with Gasteiger partial charge in [-0.05, 0) is 17.7 Å². The molecule has 0 bridgehead atoms. The molecule has 0 saturated carbocycles. The minimum Gasteiger partial charge on any atom is -0.398 e. The van der Waals surface area contributed by atoms with Crippen LogP contribution in [0.3, 0.4) is 0 Å². The zero-order valence-electron chi connectivity index (χ0n) is 10.5. The number of carbonyl (C=O) groups excluding carboxylic acids is 1. The third kappa shape index (κ3) is 2.29. The van der Waals surface area contributed by atoms with Crippen molar-refractivity contribution in [3.05, 3.63) is 53.9 Å². The Morgan fingerprint density at radius 1 is 1.37 bits per heavy atom. The summed E-state index contributed by atoms with van der Waals surface area (Å²) in [5.41, 5.74) is 9.51. The number of Topliss-reactive ketones (excluding diaryl/α,β-unsaturated/α-hetero) is 1. The van der Waals surface area contributed by atoms with Gasteiger partial charge in [-0.2, -0.15) is 0 Å². The summed E-state index contributed by atoms with van der Waals surface area (Å²) in [6.07, 6.45) is 4.36. The van der Waals surface area contributed by atoms with Crippen LogP contribution in [0.15, 0.2) is 42.7 Å². The van der Waals surface area contributed by atoms with Crippen LogP contribution in [0, 0.1) is 0 Å². The molecule has 0 radical (unpaired) electrons. The van der Waals surface area contributed by atoms with E-state index >= 15 is 0 Å². The highest BCUT2D eigenvalue weighted by Crippen LogP contribution is 2.26. The van der Waals surface area contributed by atoms with Crippen LogP contribution in [0.25, 0.3) is 0 Å². The van der Waals surface area contributed by atoms with E-state index in [0.717, 1.165) is 17.7 Å². The summed E-state index contributed by atoms with van der Waals surface area (Å²) in [6.45, 7) is 0. The average Bonchev–Trinajstić information content (AvgIpc) is 2.85. The molecule has 1 aliphatic heterocycles. The maximum absolute atomic E-state index is 12.3. The van der Waals surface area contributed by atoms with Crippen LogP contribution in [0.4, 0.5) is 11.4 Å². The van der Waals surface area contributed by atoms with E-state index in [1.54, 1.807) is 18.5 Å². The van der Waals surface area contributed by atoms with Crippen LogP contribution in [-0.2, 0) is 17.6 Å². The fraction of sp³-hybridized carbons (Fsp3) is 0.200. The van der Waals surface area contributed by atoms with Gasteiger partial charge in [-0.3, -0.25) is 9.78 Å². The number of para-hydroxylation sites is 1. The van der Waals surface area contributed by atoms with Crippen molar-refractivity contribution in [3.8, 4) is 0 Å². The van der Waals surface area contributed by atoms with Gasteiger partial charge in [0.25, 0.3) is 0 Å². The number of fused-ring (bicyclic) bond motifs is 1. The Morgan fingerprint density at radius 2 is 2.21 bits per heavy atom. The van der Waals surface area contributed by atoms with Gasteiger partial charge in [-0.15, -0.1) is 0 Å². The molecule has 1 atom stereocenters. The number of hydrogen-bond donors (Lipinski definition) is 2. The molecule has 3 rings (SSSR count). The third-order valence-electron chi connectivity index (χ3n) is 3.47. The summed E-state index contributed by atoms with van der Waals surface area (Å²) < 4.78 is 0. The Kier molecular flexibility index (Phi) is 2.91. The predicted molar refractivity (Wildman–Crippen MR) is 74.9 cm³/mol. The Bertz CT molecular complexity index is 599. The highest BCUT2D eigenvalue weighted by molar-refractivity contribution is 5.91. The molecule has 0 saturated heterocycles. The van der Waals surface area contributed by atoms with Gasteiger partial charge in [-0.25, -0.2) is 0 Å². The zero-order chi connectivity index (χ0) is 13.2. The first-order valence-corrected chi connectivity index (χ1v) is 6.29. The SMILES string of the molecule is Nc1ccncc1CC(=O)C1Cc2ccccc2N1. The number of nitrogens with one attached hydrogen (secondary N) is 1. The van der Waals surface area contributed by atoms with Crippen molar-refractivity contribution in [2.75, 3.05) is 11.1 Å². The van der Waals surface area contributed by atoms with E-state index in [2.05, 4.69) is 10.3 Å². The second kappa shape index (κ2) is 4.72. The molecule has 1 aromatic carbocycles. The normalized spacial score (nSPS) is 16.7. The summed E-state index contributed by atoms with van der Waals surface area (Å²) in [4.78, 5) is 16.3. The van der Waals surface area contributed by atoms with Gasteiger partial charge in [0.1, 0.15) is 0 Å². The largest absolute Gasteiger partial charge is 0.398 e. The molecular weight excluding hydrogens is 238 g/mol. The zero-order valence-corrected chi connectivity index (χ0v) is 10.5. The molecule has 0 spiro atoms. The van der Waals surface area contributed by atoms with Crippen molar-refractivity contribution in [2.45, 2.75) is 18.9 Å². The first-order valence-electron chi connectivity index (χ1n) is 6.29. The lowest BCUT2D eigenvalue weighted by Gasteiger charge is -2.11. The second-order valence-electron chi connectivity index (χ2n) is 4.78. The minimum atomic E-state index is -0.156. The van der Waals surface area contributed by atoms with Crippen molar-refractivity contribution in [1.82, 2.24) is 4.98 Å². The van der Waals surface area contributed by atoms with Gasteiger partial charge in [0.05, 0.1) is 6.04 Å². The molecule has 0 amide bonds. The Morgan fingerprint density at radius 3 is 3.00 bits per heavy atom. The van der Waals surface area contributed by atoms with Crippen LogP contribution in [0.5, 0.6) is 0 Å². The van der Waals surface area contributed by atoms with E-state index in [1.807, 2.05) is 24.3 Å². The monoisotopic (exact) mass is 253 g/mol. The first kappa shape index (κ1) is 11.7. The number of nitrogens with two attached hydrogens (primary N) is 1. The smallest absolute Gasteiger partial charge is 0.159 e. The number of nitrogens with zero attached hydrogens (tertiary/aromatic N) is 1. The van der Waals surface area contributed by atoms with Crippen LogP contribution in [-0.4, -0.2) is 16.8 Å². The maximum Gasteiger partial charge on any atom is 0.159 e. The quantitative estimate of drug-likeness (QED) is 0.875. The maximum atomic E-state index is 12.3. The number of rotatable bonds is 3. The third-order valence-corrected chi connectivity index (χ3v) is 3.47. The number of carbonyl (C=O) groups is 1. The molecule has 0 aliphatic carbocycles. The number of hydrogen-bond acceptors (Lipinski definition) is 4. The van der Waals surface area contributed by atoms with Gasteiger partial charge >= 0.3 is 0 Å². The lowest BCUT2D eigenvalue weighted by Crippen LogP contribution is -2.28. The molecular formula is C15H15N3O. The number of aromatic nitrogens is 1. The van der Waals surface area contributed by atoms with E-state index in [-0.39, 0.29) is 11.8 Å². The van der Waals surface area contributed by atoms with Crippen LogP contribution in [0.1, 0.15) is 11.1 Å². The van der Waals surface area contributed by atoms with Crippen molar-refractivity contribution < 1.29 is 4.79 Å². The Labute approximate surface area is 111 Å². The average molecular weight is 253 g/mol. The molecule has 4 nitrogen and oxygen atoms in total. The molecule has 3 N–H and O–H groups in total. The Balaban J connectivity index is 1.72. The van der Waals surface area contributed by atoms with Crippen molar-refractivity contribution in [3.63, 3.8) is 0 Å². The number of anilines is 2. The van der Waals surface area contributed by atoms with Gasteiger partial charge in [0.15, 0.2) is 5.78 Å². The standard InChI is InChI=1S/C15H15N3O/c16-12-5-6-17-9-11(12)8-15(19)14-7-10-3-1-2-4-13(10)18-14/h1-6,9,14,18H,7-8H2,(H2,16,17). The van der Waals surface area contributed by atoms with E-state index in [1.165, 1.54) is 5.56 Å². The van der Waals surface area contributed by atoms with Crippen molar-refractivity contribution in [1.29, 1.82) is 0 Å². The molecule has 1 unspecified atom stereocenters. The molecule has 4 heteroatoms. The second-order valence-corrected chi connectivity index (χ2v) is 4.78. The van der Waals surface area contributed by atoms with Crippen LogP contribution in [0.2, 0.25) is 0 Å². The summed E-state index contributed by atoms with van der Waals surface area (Å²) in [6, 6.07) is 9.58. The fourth-order valence-electron chi connectivity index (χ4n) is 2.39. The molecule has 1 aliphatic rings. The number of benzene rings is 1. The van der Waals surface area contributed by atoms with Crippen LogP contribution < -0.4 is 11.1 Å². The summed E-state index contributed by atoms with van der Waals surface area (Å²) in [7, 11) is 0. The van der Waals surface area contributed by atoms with Crippen molar-refractivity contribution >= 4 is 17.2 Å². The van der Waals surface area contributed by atoms with E-state index in [0.29, 0.717) is 12.1 Å². The predicted octanol–water partition coefficient (Wildman–Crippen LogP) is 1.81. The molecule has 2 aromatic rings. The lowest BCUT2D eigenvalue weighted by molar-refractivity contribution is -0.119. The lowest BCUT2D eigenvalue weighted by atomic mass is 10.0. The topological polar surface area (TPSA) is 68.0 Å². The highest BCUT2D eigenvalue weighted by Gasteiger charge is 2.26. The molecule has 1 aromatic heterocycles. The number of pyridine rings is 1. The van der Waals surface area contributed by atoms with Gasteiger partial charge in [0.2, 0.25) is 0 Å². The molecule has 19 heavy (non-hydrogen) atoms. The highest BCUT2D eigenvalue weighted by atomic mass is 16.1. The van der Waals surface area contributed by atoms with Crippen molar-refractivity contribution in [2.24, 2.45) is 0 Å². The molecule has 2 heterocycles. The van der Waals surface area contributed by atoms with E-state index in [9.17, 15) is 4.79 Å². The first-order chi connectivity index (χ1) is 9.24. The van der Waals surface area contributed by atoms with Gasteiger partial charge in [-0.1, -0.05) is 18.2 Å². The minimum absolute atomic E-state index is 0.149. The van der Waals surface area contributed by atoms with E-state index < -0.39 is 0 Å². The summed E-state index contributed by atoms with van der Waals surface area (Å²) in [5.74, 6) is 0.149. The van der Waals surface area contributed by atoms with E-state index in [4.69, 9.17) is 5.73 Å². The molecule has 0 fully saturated rings. The van der Waals surface area contributed by atoms with Crippen LogP contribution >= 0.6 is 0 Å². The van der Waals surface area contributed by atoms with Gasteiger partial charge in [0, 0.05) is 42.2 Å². The number of ketones is 1. The molecule has 96 valence electrons. The number of nitrogen functional groups attached to an aromatic ring is 1. The summed E-state index contributed by atoms with van der Waals surface area (Å²) in [5, 5.41) is 3.26. The fourth-order valence-corrected chi connectivity index (χ4v) is 2.39. The summed E-state index contributed by atoms with van der Waals surface area (Å²) >= 11 is 0.